The second-order valence-corrected chi connectivity index (χ2v) is 6.14. The molecule has 1 fully saturated rings. The van der Waals surface area contributed by atoms with Gasteiger partial charge in [0.15, 0.2) is 5.82 Å². The van der Waals surface area contributed by atoms with E-state index in [0.29, 0.717) is 11.9 Å². The Balaban J connectivity index is 1.67. The highest BCUT2D eigenvalue weighted by atomic mass is 16.5. The minimum absolute atomic E-state index is 0.0427. The molecule has 1 N–H and O–H groups in total. The molecule has 1 saturated heterocycles. The SMILES string of the molecule is Cc1noc(C)c1CN[C@H]1CCCN(c2nccn(C)c2=O)C1. The summed E-state index contributed by atoms with van der Waals surface area (Å²) in [5, 5.41) is 7.55. The van der Waals surface area contributed by atoms with E-state index in [1.54, 1.807) is 24.0 Å². The second-order valence-electron chi connectivity index (χ2n) is 6.14. The van der Waals surface area contributed by atoms with E-state index in [1.807, 2.05) is 13.8 Å². The summed E-state index contributed by atoms with van der Waals surface area (Å²) in [5.41, 5.74) is 2.01. The van der Waals surface area contributed by atoms with E-state index in [1.165, 1.54) is 0 Å². The van der Waals surface area contributed by atoms with Crippen molar-refractivity contribution >= 4 is 5.82 Å². The van der Waals surface area contributed by atoms with E-state index in [0.717, 1.165) is 49.5 Å². The molecule has 0 amide bonds. The van der Waals surface area contributed by atoms with E-state index in [-0.39, 0.29) is 5.56 Å². The number of nitrogens with zero attached hydrogens (tertiary/aromatic N) is 4. The zero-order valence-electron chi connectivity index (χ0n) is 13.9. The Morgan fingerprint density at radius 2 is 2.26 bits per heavy atom. The van der Waals surface area contributed by atoms with Crippen molar-refractivity contribution in [3.63, 3.8) is 0 Å². The van der Waals surface area contributed by atoms with Crippen molar-refractivity contribution < 1.29 is 4.52 Å². The molecule has 23 heavy (non-hydrogen) atoms. The van der Waals surface area contributed by atoms with E-state index < -0.39 is 0 Å². The Hall–Kier alpha value is -2.15. The fourth-order valence-corrected chi connectivity index (χ4v) is 3.04. The largest absolute Gasteiger partial charge is 0.361 e. The van der Waals surface area contributed by atoms with Crippen molar-refractivity contribution in [2.75, 3.05) is 18.0 Å². The summed E-state index contributed by atoms with van der Waals surface area (Å²) in [6.45, 7) is 6.28. The van der Waals surface area contributed by atoms with Gasteiger partial charge in [0.25, 0.3) is 5.56 Å². The summed E-state index contributed by atoms with van der Waals surface area (Å²) in [6, 6.07) is 0.323. The molecule has 7 heteroatoms. The van der Waals surface area contributed by atoms with Gasteiger partial charge in [-0.15, -0.1) is 0 Å². The van der Waals surface area contributed by atoms with Crippen LogP contribution in [0.15, 0.2) is 21.7 Å². The van der Waals surface area contributed by atoms with Crippen molar-refractivity contribution in [3.05, 3.63) is 39.8 Å². The van der Waals surface area contributed by atoms with Crippen LogP contribution in [-0.4, -0.2) is 33.8 Å². The summed E-state index contributed by atoms with van der Waals surface area (Å²) in [6.07, 6.45) is 5.49. The molecule has 7 nitrogen and oxygen atoms in total. The molecule has 0 saturated carbocycles. The van der Waals surface area contributed by atoms with Crippen LogP contribution in [0.25, 0.3) is 0 Å². The maximum atomic E-state index is 12.2. The number of aromatic nitrogens is 3. The molecule has 0 bridgehead atoms. The number of rotatable bonds is 4. The molecule has 3 heterocycles. The highest BCUT2D eigenvalue weighted by Crippen LogP contribution is 2.16. The molecule has 0 radical (unpaired) electrons. The first-order valence-electron chi connectivity index (χ1n) is 7.98. The zero-order valence-corrected chi connectivity index (χ0v) is 13.9. The van der Waals surface area contributed by atoms with Crippen LogP contribution in [0.4, 0.5) is 5.82 Å². The highest BCUT2D eigenvalue weighted by molar-refractivity contribution is 5.36. The van der Waals surface area contributed by atoms with Crippen molar-refractivity contribution in [3.8, 4) is 0 Å². The molecule has 124 valence electrons. The van der Waals surface area contributed by atoms with Gasteiger partial charge in [-0.1, -0.05) is 5.16 Å². The minimum atomic E-state index is -0.0427. The van der Waals surface area contributed by atoms with Crippen molar-refractivity contribution in [2.24, 2.45) is 7.05 Å². The fraction of sp³-hybridized carbons (Fsp3) is 0.562. The topological polar surface area (TPSA) is 76.2 Å². The lowest BCUT2D eigenvalue weighted by Crippen LogP contribution is -2.47. The standard InChI is InChI=1S/C16H23N5O2/c1-11-14(12(2)23-19-11)9-18-13-5-4-7-21(10-13)15-16(22)20(3)8-6-17-15/h6,8,13,18H,4-5,7,9-10H2,1-3H3/t13-/m0/s1. The van der Waals surface area contributed by atoms with Gasteiger partial charge in [0.2, 0.25) is 0 Å². The molecule has 1 aliphatic rings. The molecule has 0 aliphatic carbocycles. The van der Waals surface area contributed by atoms with Gasteiger partial charge in [0.1, 0.15) is 5.76 Å². The van der Waals surface area contributed by atoms with Crippen molar-refractivity contribution in [1.82, 2.24) is 20.0 Å². The first-order chi connectivity index (χ1) is 11.1. The fourth-order valence-electron chi connectivity index (χ4n) is 3.04. The number of hydrogen-bond acceptors (Lipinski definition) is 6. The van der Waals surface area contributed by atoms with Crippen LogP contribution in [0.5, 0.6) is 0 Å². The number of piperidine rings is 1. The number of aryl methyl sites for hydroxylation is 3. The number of anilines is 1. The average molecular weight is 317 g/mol. The van der Waals surface area contributed by atoms with E-state index >= 15 is 0 Å². The molecule has 3 rings (SSSR count). The third-order valence-corrected chi connectivity index (χ3v) is 4.47. The first-order valence-corrected chi connectivity index (χ1v) is 7.98. The van der Waals surface area contributed by atoms with Gasteiger partial charge in [-0.25, -0.2) is 4.98 Å². The van der Waals surface area contributed by atoms with Gasteiger partial charge < -0.3 is 19.3 Å². The summed E-state index contributed by atoms with van der Waals surface area (Å²) < 4.78 is 6.77. The second kappa shape index (κ2) is 6.54. The highest BCUT2D eigenvalue weighted by Gasteiger charge is 2.23. The van der Waals surface area contributed by atoms with Crippen LogP contribution in [0.1, 0.15) is 29.9 Å². The van der Waals surface area contributed by atoms with Gasteiger partial charge in [-0.3, -0.25) is 4.79 Å². The van der Waals surface area contributed by atoms with Gasteiger partial charge in [-0.2, -0.15) is 0 Å². The lowest BCUT2D eigenvalue weighted by atomic mass is 10.0. The third kappa shape index (κ3) is 3.29. The van der Waals surface area contributed by atoms with Crippen LogP contribution >= 0.6 is 0 Å². The predicted octanol–water partition coefficient (Wildman–Crippen LogP) is 1.14. The smallest absolute Gasteiger partial charge is 0.293 e. The maximum Gasteiger partial charge on any atom is 0.293 e. The Morgan fingerprint density at radius 3 is 3.00 bits per heavy atom. The first kappa shape index (κ1) is 15.7. The lowest BCUT2D eigenvalue weighted by molar-refractivity contribution is 0.389. The van der Waals surface area contributed by atoms with Crippen molar-refractivity contribution in [1.29, 1.82) is 0 Å². The molecule has 1 atom stereocenters. The van der Waals surface area contributed by atoms with Gasteiger partial charge in [0.05, 0.1) is 5.69 Å². The van der Waals surface area contributed by atoms with E-state index in [4.69, 9.17) is 4.52 Å². The van der Waals surface area contributed by atoms with E-state index in [9.17, 15) is 4.79 Å². The van der Waals surface area contributed by atoms with Gasteiger partial charge in [-0.05, 0) is 26.7 Å². The minimum Gasteiger partial charge on any atom is -0.361 e. The monoisotopic (exact) mass is 317 g/mol. The van der Waals surface area contributed by atoms with Gasteiger partial charge >= 0.3 is 0 Å². The van der Waals surface area contributed by atoms with Crippen LogP contribution in [0.3, 0.4) is 0 Å². The summed E-state index contributed by atoms with van der Waals surface area (Å²) in [4.78, 5) is 18.6. The molecule has 0 spiro atoms. The van der Waals surface area contributed by atoms with Crippen LogP contribution in [0, 0.1) is 13.8 Å². The normalized spacial score (nSPS) is 18.4. The molecule has 1 aliphatic heterocycles. The Kier molecular flexibility index (Phi) is 4.47. The summed E-state index contributed by atoms with van der Waals surface area (Å²) >= 11 is 0. The van der Waals surface area contributed by atoms with Crippen molar-refractivity contribution in [2.45, 2.75) is 39.3 Å². The number of hydrogen-bond donors (Lipinski definition) is 1. The Morgan fingerprint density at radius 1 is 1.43 bits per heavy atom. The zero-order chi connectivity index (χ0) is 16.4. The molecular weight excluding hydrogens is 294 g/mol. The molecule has 0 unspecified atom stereocenters. The Labute approximate surface area is 135 Å². The molecule has 2 aromatic rings. The predicted molar refractivity (Wildman–Crippen MR) is 87.5 cm³/mol. The van der Waals surface area contributed by atoms with Crippen LogP contribution in [0.2, 0.25) is 0 Å². The Bertz CT molecular complexity index is 717. The molecular formula is C16H23N5O2. The molecule has 0 aromatic carbocycles. The van der Waals surface area contributed by atoms with Crippen LogP contribution in [-0.2, 0) is 13.6 Å². The molecule has 2 aromatic heterocycles. The summed E-state index contributed by atoms with van der Waals surface area (Å²) in [5.74, 6) is 1.40. The van der Waals surface area contributed by atoms with E-state index in [2.05, 4.69) is 20.4 Å². The maximum absolute atomic E-state index is 12.2. The average Bonchev–Trinajstić information content (AvgIpc) is 2.87. The quantitative estimate of drug-likeness (QED) is 0.911. The lowest BCUT2D eigenvalue weighted by Gasteiger charge is -2.33. The third-order valence-electron chi connectivity index (χ3n) is 4.47. The number of nitrogens with one attached hydrogen (secondary N) is 1. The van der Waals surface area contributed by atoms with Crippen LogP contribution < -0.4 is 15.8 Å². The summed E-state index contributed by atoms with van der Waals surface area (Å²) in [7, 11) is 1.75. The van der Waals surface area contributed by atoms with Gasteiger partial charge in [0, 0.05) is 50.7 Å².